The van der Waals surface area contributed by atoms with Crippen LogP contribution in [0, 0.1) is 0 Å². The lowest BCUT2D eigenvalue weighted by Crippen LogP contribution is -2.52. The van der Waals surface area contributed by atoms with Gasteiger partial charge in [0.1, 0.15) is 6.61 Å². The quantitative estimate of drug-likeness (QED) is 0.206. The number of unbranched alkanes of at least 4 members (excludes halogenated alkanes) is 1. The molecule has 1 aliphatic rings. The molecule has 28 heavy (non-hydrogen) atoms. The molecule has 1 fully saturated rings. The number of methoxy groups -OCH3 is 1. The molecule has 7 nitrogen and oxygen atoms in total. The van der Waals surface area contributed by atoms with Gasteiger partial charge in [-0.15, -0.1) is 0 Å². The summed E-state index contributed by atoms with van der Waals surface area (Å²) in [6.45, 7) is 15.6. The Morgan fingerprint density at radius 2 is 1.54 bits per heavy atom. The Bertz CT molecular complexity index is 472. The highest BCUT2D eigenvalue weighted by atomic mass is 28.5. The van der Waals surface area contributed by atoms with E-state index >= 15 is 0 Å². The Balaban J connectivity index is 2.28. The minimum atomic E-state index is -2.16. The fourth-order valence-corrected chi connectivity index (χ4v) is 17.6. The van der Waals surface area contributed by atoms with E-state index in [4.69, 9.17) is 27.2 Å². The van der Waals surface area contributed by atoms with Gasteiger partial charge >= 0.3 is 14.7 Å². The zero-order valence-corrected chi connectivity index (χ0v) is 21.8. The van der Waals surface area contributed by atoms with Crippen molar-refractivity contribution in [1.29, 1.82) is 0 Å². The van der Waals surface area contributed by atoms with E-state index in [1.807, 2.05) is 0 Å². The van der Waals surface area contributed by atoms with Gasteiger partial charge in [0.15, 0.2) is 22.7 Å². The second kappa shape index (κ2) is 11.8. The van der Waals surface area contributed by atoms with Crippen LogP contribution in [0.5, 0.6) is 0 Å². The monoisotopic (exact) mass is 452 g/mol. The minimum Gasteiger partial charge on any atom is -0.437 e. The van der Waals surface area contributed by atoms with Crippen molar-refractivity contribution < 1.29 is 32.0 Å². The van der Waals surface area contributed by atoms with Gasteiger partial charge in [-0.05, 0) is 64.2 Å². The molecular weight excluding hydrogens is 412 g/mol. The molecular formula is C18H40O7Si3. The molecule has 0 radical (unpaired) electrons. The Morgan fingerprint density at radius 3 is 2.07 bits per heavy atom. The van der Waals surface area contributed by atoms with Crippen molar-refractivity contribution in [3.05, 3.63) is 0 Å². The van der Waals surface area contributed by atoms with Crippen LogP contribution in [0.2, 0.25) is 51.4 Å². The predicted octanol–water partition coefficient (Wildman–Crippen LogP) is 4.50. The molecule has 1 atom stereocenters. The topological polar surface area (TPSA) is 72.5 Å². The van der Waals surface area contributed by atoms with E-state index in [9.17, 15) is 4.79 Å². The standard InChI is InChI=1S/C18H40O7Si3/c1-20-11-8-9-13-26(2,3)24-28(6,7)25-27(4,5)14-10-12-21-15-17-16-22-18(19)23-17/h17H,8-16H2,1-7H3. The lowest BCUT2D eigenvalue weighted by molar-refractivity contribution is 0.0460. The molecule has 1 heterocycles. The molecule has 0 spiro atoms. The second-order valence-corrected chi connectivity index (χ2v) is 21.5. The van der Waals surface area contributed by atoms with Gasteiger partial charge in [-0.3, -0.25) is 0 Å². The van der Waals surface area contributed by atoms with Crippen LogP contribution < -0.4 is 0 Å². The van der Waals surface area contributed by atoms with E-state index in [0.717, 1.165) is 38.0 Å². The molecule has 1 aliphatic heterocycles. The van der Waals surface area contributed by atoms with E-state index < -0.39 is 31.4 Å². The highest BCUT2D eigenvalue weighted by Gasteiger charge is 2.39. The van der Waals surface area contributed by atoms with Crippen molar-refractivity contribution in [1.82, 2.24) is 0 Å². The van der Waals surface area contributed by atoms with E-state index in [1.165, 1.54) is 0 Å². The molecule has 0 aromatic rings. The third kappa shape index (κ3) is 11.7. The summed E-state index contributed by atoms with van der Waals surface area (Å²) < 4.78 is 33.7. The number of cyclic esters (lactones) is 2. The van der Waals surface area contributed by atoms with E-state index in [-0.39, 0.29) is 12.7 Å². The van der Waals surface area contributed by atoms with Crippen LogP contribution in [0.3, 0.4) is 0 Å². The summed E-state index contributed by atoms with van der Waals surface area (Å²) in [4.78, 5) is 10.9. The summed E-state index contributed by atoms with van der Waals surface area (Å²) in [5, 5.41) is 0. The van der Waals surface area contributed by atoms with Gasteiger partial charge in [-0.25, -0.2) is 4.79 Å². The normalized spacial score (nSPS) is 18.2. The van der Waals surface area contributed by atoms with E-state index in [1.54, 1.807) is 7.11 Å². The molecule has 0 aromatic heterocycles. The third-order valence-electron chi connectivity index (χ3n) is 4.44. The highest BCUT2D eigenvalue weighted by Crippen LogP contribution is 2.26. The molecule has 0 aliphatic carbocycles. The zero-order chi connectivity index (χ0) is 21.3. The van der Waals surface area contributed by atoms with Crippen LogP contribution in [0.4, 0.5) is 4.79 Å². The van der Waals surface area contributed by atoms with Gasteiger partial charge in [0.25, 0.3) is 0 Å². The number of ether oxygens (including phenoxy) is 4. The Morgan fingerprint density at radius 1 is 0.929 bits per heavy atom. The summed E-state index contributed by atoms with van der Waals surface area (Å²) in [6, 6.07) is 2.16. The largest absolute Gasteiger partial charge is 0.508 e. The fourth-order valence-electron chi connectivity index (χ4n) is 3.51. The third-order valence-corrected chi connectivity index (χ3v) is 15.9. The highest BCUT2D eigenvalue weighted by molar-refractivity contribution is 6.87. The molecule has 1 saturated heterocycles. The molecule has 0 N–H and O–H groups in total. The number of carbonyl (C=O) groups excluding carboxylic acids is 1. The van der Waals surface area contributed by atoms with Crippen LogP contribution in [-0.2, 0) is 27.2 Å². The van der Waals surface area contributed by atoms with Gasteiger partial charge in [-0.2, -0.15) is 0 Å². The first-order valence-corrected chi connectivity index (χ1v) is 19.3. The summed E-state index contributed by atoms with van der Waals surface area (Å²) in [7, 11) is -3.97. The van der Waals surface area contributed by atoms with E-state index in [2.05, 4.69) is 39.3 Å². The summed E-state index contributed by atoms with van der Waals surface area (Å²) in [6.07, 6.45) is 2.30. The van der Waals surface area contributed by atoms with Crippen LogP contribution >= 0.6 is 0 Å². The first-order chi connectivity index (χ1) is 12.9. The van der Waals surface area contributed by atoms with Gasteiger partial charge in [0.2, 0.25) is 0 Å². The molecule has 10 heteroatoms. The van der Waals surface area contributed by atoms with Crippen LogP contribution in [0.25, 0.3) is 0 Å². The maximum absolute atomic E-state index is 10.9. The van der Waals surface area contributed by atoms with Crippen molar-refractivity contribution in [2.24, 2.45) is 0 Å². The van der Waals surface area contributed by atoms with Gasteiger partial charge in [0, 0.05) is 20.3 Å². The Kier molecular flexibility index (Phi) is 10.9. The number of carbonyl (C=O) groups is 1. The van der Waals surface area contributed by atoms with Crippen molar-refractivity contribution in [3.63, 3.8) is 0 Å². The molecule has 1 rings (SSSR count). The number of hydrogen-bond acceptors (Lipinski definition) is 7. The molecule has 0 amide bonds. The van der Waals surface area contributed by atoms with Crippen LogP contribution in [0.1, 0.15) is 19.3 Å². The first-order valence-electron chi connectivity index (χ1n) is 10.3. The molecule has 0 saturated carbocycles. The SMILES string of the molecule is COCCCC[Si](C)(C)O[Si](C)(C)O[Si](C)(C)CCCOCC1COC(=O)O1. The average Bonchev–Trinajstić information content (AvgIpc) is 2.94. The van der Waals surface area contributed by atoms with Crippen molar-refractivity contribution in [2.75, 3.05) is 33.5 Å². The lowest BCUT2D eigenvalue weighted by Gasteiger charge is -2.38. The second-order valence-electron chi connectivity index (χ2n) is 9.05. The average molecular weight is 453 g/mol. The Hall–Kier alpha value is -0.239. The van der Waals surface area contributed by atoms with Gasteiger partial charge in [0.05, 0.1) is 6.61 Å². The minimum absolute atomic E-state index is 0.273. The van der Waals surface area contributed by atoms with Crippen molar-refractivity contribution in [2.45, 2.75) is 76.7 Å². The fraction of sp³-hybridized carbons (Fsp3) is 0.944. The van der Waals surface area contributed by atoms with Gasteiger partial charge in [-0.1, -0.05) is 6.42 Å². The predicted molar refractivity (Wildman–Crippen MR) is 117 cm³/mol. The molecule has 0 bridgehead atoms. The maximum Gasteiger partial charge on any atom is 0.508 e. The number of rotatable bonds is 15. The van der Waals surface area contributed by atoms with Gasteiger partial charge < -0.3 is 27.2 Å². The first kappa shape index (κ1) is 25.8. The number of hydrogen-bond donors (Lipinski definition) is 0. The molecule has 166 valence electrons. The Labute approximate surface area is 173 Å². The summed E-state index contributed by atoms with van der Waals surface area (Å²) in [5.41, 5.74) is 0. The van der Waals surface area contributed by atoms with Crippen LogP contribution in [0.15, 0.2) is 0 Å². The summed E-state index contributed by atoms with van der Waals surface area (Å²) >= 11 is 0. The molecule has 0 aromatic carbocycles. The summed E-state index contributed by atoms with van der Waals surface area (Å²) in [5.74, 6) is 0. The van der Waals surface area contributed by atoms with Crippen molar-refractivity contribution >= 4 is 31.4 Å². The smallest absolute Gasteiger partial charge is 0.437 e. The maximum atomic E-state index is 10.9. The van der Waals surface area contributed by atoms with Crippen LogP contribution in [-0.4, -0.2) is 71.0 Å². The van der Waals surface area contributed by atoms with E-state index in [0.29, 0.717) is 13.2 Å². The zero-order valence-electron chi connectivity index (χ0n) is 18.8. The molecule has 1 unspecified atom stereocenters. The van der Waals surface area contributed by atoms with Crippen molar-refractivity contribution in [3.8, 4) is 0 Å². The lowest BCUT2D eigenvalue weighted by atomic mass is 10.4.